The summed E-state index contributed by atoms with van der Waals surface area (Å²) in [5.74, 6) is -3.35. The van der Waals surface area contributed by atoms with Crippen LogP contribution in [0, 0.1) is 0 Å². The Balaban J connectivity index is 2.24. The molecule has 1 saturated heterocycles. The normalized spacial score (nSPS) is 19.3. The predicted octanol–water partition coefficient (Wildman–Crippen LogP) is 2.31. The Kier molecular flexibility index (Phi) is 5.70. The largest absolute Gasteiger partial charge is 0.416 e. The van der Waals surface area contributed by atoms with Gasteiger partial charge in [-0.25, -0.2) is 8.42 Å². The second-order valence-corrected chi connectivity index (χ2v) is 8.45. The molecule has 1 fully saturated rings. The highest BCUT2D eigenvalue weighted by atomic mass is 32.2. The Morgan fingerprint density at radius 3 is 1.93 bits per heavy atom. The van der Waals surface area contributed by atoms with Crippen molar-refractivity contribution in [3.63, 3.8) is 0 Å². The Bertz CT molecular complexity index is 863. The van der Waals surface area contributed by atoms with Gasteiger partial charge < -0.3 is 10.2 Å². The molecule has 0 radical (unpaired) electrons. The minimum atomic E-state index is -5.11. The number of hydrogen-bond acceptors (Lipinski definition) is 4. The number of likely N-dealkylation sites (N-methyl/N-ethyl adjacent to an activating group) is 1. The first-order chi connectivity index (χ1) is 12.6. The Morgan fingerprint density at radius 2 is 1.54 bits per heavy atom. The lowest BCUT2D eigenvalue weighted by Crippen LogP contribution is -2.43. The number of hydrogen-bond donors (Lipinski definition) is 1. The van der Waals surface area contributed by atoms with E-state index in [4.69, 9.17) is 0 Å². The Morgan fingerprint density at radius 1 is 1.04 bits per heavy atom. The lowest BCUT2D eigenvalue weighted by atomic mass is 10.1. The number of benzene rings is 1. The number of alkyl halides is 6. The van der Waals surface area contributed by atoms with Crippen LogP contribution in [0.1, 0.15) is 17.5 Å². The Hall–Kier alpha value is -2.31. The molecule has 1 unspecified atom stereocenters. The maximum Gasteiger partial charge on any atom is 0.416 e. The second-order valence-electron chi connectivity index (χ2n) is 6.22. The summed E-state index contributed by atoms with van der Waals surface area (Å²) >= 11 is 0. The molecule has 2 amide bonds. The summed E-state index contributed by atoms with van der Waals surface area (Å²) in [5.41, 5.74) is -4.17. The highest BCUT2D eigenvalue weighted by molar-refractivity contribution is 7.91. The van der Waals surface area contributed by atoms with E-state index in [0.717, 1.165) is 11.9 Å². The molecule has 13 heteroatoms. The topological polar surface area (TPSA) is 83.6 Å². The van der Waals surface area contributed by atoms with Crippen LogP contribution in [0.3, 0.4) is 0 Å². The van der Waals surface area contributed by atoms with Crippen LogP contribution in [0.2, 0.25) is 0 Å². The monoisotopic (exact) mass is 432 g/mol. The van der Waals surface area contributed by atoms with E-state index >= 15 is 0 Å². The fourth-order valence-corrected chi connectivity index (χ4v) is 4.39. The molecule has 1 aromatic carbocycles. The molecule has 1 heterocycles. The first kappa shape index (κ1) is 22.0. The number of carbonyl (C=O) groups is 2. The fourth-order valence-electron chi connectivity index (χ4n) is 2.62. The van der Waals surface area contributed by atoms with Crippen LogP contribution >= 0.6 is 0 Å². The summed E-state index contributed by atoms with van der Waals surface area (Å²) in [5, 5.41) is 1.71. The van der Waals surface area contributed by atoms with Gasteiger partial charge in [0, 0.05) is 18.8 Å². The van der Waals surface area contributed by atoms with Crippen molar-refractivity contribution in [2.24, 2.45) is 0 Å². The van der Waals surface area contributed by atoms with Gasteiger partial charge in [-0.1, -0.05) is 0 Å². The zero-order valence-electron chi connectivity index (χ0n) is 14.2. The minimum absolute atomic E-state index is 0.0691. The van der Waals surface area contributed by atoms with Crippen molar-refractivity contribution >= 4 is 27.3 Å². The lowest BCUT2D eigenvalue weighted by molar-refractivity contribution is -0.143. The van der Waals surface area contributed by atoms with Crippen molar-refractivity contribution in [1.29, 1.82) is 0 Å². The number of anilines is 1. The summed E-state index contributed by atoms with van der Waals surface area (Å²) in [4.78, 5) is 24.9. The molecule has 1 N–H and O–H groups in total. The molecule has 0 bridgehead atoms. The molecular formula is C15H14F6N2O4S. The number of carbonyl (C=O) groups excluding carboxylic acids is 2. The van der Waals surface area contributed by atoms with Crippen molar-refractivity contribution in [1.82, 2.24) is 4.90 Å². The van der Waals surface area contributed by atoms with E-state index < -0.39 is 56.9 Å². The lowest BCUT2D eigenvalue weighted by Gasteiger charge is -2.22. The van der Waals surface area contributed by atoms with Crippen molar-refractivity contribution in [3.8, 4) is 0 Å². The molecule has 0 spiro atoms. The first-order valence-corrected chi connectivity index (χ1v) is 9.50. The molecule has 1 aliphatic rings. The summed E-state index contributed by atoms with van der Waals surface area (Å²) in [6, 6.07) is -0.399. The van der Waals surface area contributed by atoms with Gasteiger partial charge in [0.25, 0.3) is 0 Å². The molecule has 28 heavy (non-hydrogen) atoms. The quantitative estimate of drug-likeness (QED) is 0.574. The standard InChI is InChI=1S/C15H14F6N2O4S/c1-23(11-2-3-28(26,27)7-11)13(25)12(24)22-10-5-8(14(16,17)18)4-9(6-10)15(19,20)21/h4-6,11H,2-3,7H2,1H3,(H,22,24). The van der Waals surface area contributed by atoms with Gasteiger partial charge in [0.05, 0.1) is 22.6 Å². The fraction of sp³-hybridized carbons (Fsp3) is 0.467. The van der Waals surface area contributed by atoms with Gasteiger partial charge in [0.1, 0.15) is 0 Å². The average molecular weight is 432 g/mol. The highest BCUT2D eigenvalue weighted by Crippen LogP contribution is 2.37. The molecular weight excluding hydrogens is 418 g/mol. The SMILES string of the molecule is CN(C(=O)C(=O)Nc1cc(C(F)(F)F)cc(C(F)(F)F)c1)C1CCS(=O)(=O)C1. The molecule has 1 atom stereocenters. The van der Waals surface area contributed by atoms with E-state index in [1.807, 2.05) is 0 Å². The third-order valence-electron chi connectivity index (χ3n) is 4.12. The van der Waals surface area contributed by atoms with Crippen molar-refractivity contribution < 1.29 is 44.3 Å². The molecule has 1 aliphatic heterocycles. The van der Waals surface area contributed by atoms with E-state index in [2.05, 4.69) is 0 Å². The molecule has 2 rings (SSSR count). The van der Waals surface area contributed by atoms with Crippen molar-refractivity contribution in [2.45, 2.75) is 24.8 Å². The minimum Gasteiger partial charge on any atom is -0.333 e. The van der Waals surface area contributed by atoms with Crippen LogP contribution in [-0.2, 0) is 31.8 Å². The third-order valence-corrected chi connectivity index (χ3v) is 5.87. The molecule has 0 aliphatic carbocycles. The van der Waals surface area contributed by atoms with E-state index in [-0.39, 0.29) is 36.1 Å². The second kappa shape index (κ2) is 7.26. The Labute approximate surface area is 155 Å². The van der Waals surface area contributed by atoms with Gasteiger partial charge in [-0.05, 0) is 24.6 Å². The zero-order valence-corrected chi connectivity index (χ0v) is 15.0. The molecule has 0 aromatic heterocycles. The van der Waals surface area contributed by atoms with Crippen LogP contribution in [-0.4, -0.2) is 49.7 Å². The van der Waals surface area contributed by atoms with Crippen LogP contribution in [0.4, 0.5) is 32.0 Å². The van der Waals surface area contributed by atoms with Crippen LogP contribution in [0.5, 0.6) is 0 Å². The van der Waals surface area contributed by atoms with Crippen LogP contribution in [0.15, 0.2) is 18.2 Å². The predicted molar refractivity (Wildman–Crippen MR) is 84.9 cm³/mol. The maximum atomic E-state index is 12.8. The molecule has 0 saturated carbocycles. The van der Waals surface area contributed by atoms with Crippen LogP contribution < -0.4 is 5.32 Å². The van der Waals surface area contributed by atoms with E-state index in [0.29, 0.717) is 0 Å². The number of nitrogens with one attached hydrogen (secondary N) is 1. The molecule has 6 nitrogen and oxygen atoms in total. The van der Waals surface area contributed by atoms with E-state index in [9.17, 15) is 44.3 Å². The third kappa shape index (κ3) is 5.14. The van der Waals surface area contributed by atoms with E-state index in [1.54, 1.807) is 5.32 Å². The highest BCUT2D eigenvalue weighted by Gasteiger charge is 2.38. The summed E-state index contributed by atoms with van der Waals surface area (Å²) in [7, 11) is -2.25. The van der Waals surface area contributed by atoms with Crippen molar-refractivity contribution in [3.05, 3.63) is 29.3 Å². The van der Waals surface area contributed by atoms with Gasteiger partial charge in [0.2, 0.25) is 0 Å². The average Bonchev–Trinajstić information content (AvgIpc) is 2.91. The summed E-state index contributed by atoms with van der Waals surface area (Å²) in [6.45, 7) is 0. The van der Waals surface area contributed by atoms with Gasteiger partial charge in [-0.2, -0.15) is 26.3 Å². The zero-order chi connectivity index (χ0) is 21.5. The van der Waals surface area contributed by atoms with Gasteiger partial charge in [-0.15, -0.1) is 0 Å². The smallest absolute Gasteiger partial charge is 0.333 e. The number of nitrogens with zero attached hydrogens (tertiary/aromatic N) is 1. The molecule has 1 aromatic rings. The number of halogens is 6. The van der Waals surface area contributed by atoms with E-state index in [1.165, 1.54) is 0 Å². The van der Waals surface area contributed by atoms with Gasteiger partial charge in [0.15, 0.2) is 9.84 Å². The number of rotatable bonds is 2. The summed E-state index contributed by atoms with van der Waals surface area (Å²) in [6.07, 6.45) is -10.2. The molecule has 156 valence electrons. The van der Waals surface area contributed by atoms with Gasteiger partial charge in [-0.3, -0.25) is 9.59 Å². The number of sulfone groups is 1. The summed E-state index contributed by atoms with van der Waals surface area (Å²) < 4.78 is 99.8. The maximum absolute atomic E-state index is 12.8. The first-order valence-electron chi connectivity index (χ1n) is 7.68. The van der Waals surface area contributed by atoms with Gasteiger partial charge >= 0.3 is 24.2 Å². The van der Waals surface area contributed by atoms with Crippen LogP contribution in [0.25, 0.3) is 0 Å². The van der Waals surface area contributed by atoms with Crippen molar-refractivity contribution in [2.75, 3.05) is 23.9 Å². The number of amides is 2.